The van der Waals surface area contributed by atoms with Gasteiger partial charge in [-0.3, -0.25) is 0 Å². The predicted molar refractivity (Wildman–Crippen MR) is 53.5 cm³/mol. The zero-order valence-corrected chi connectivity index (χ0v) is 8.47. The van der Waals surface area contributed by atoms with E-state index >= 15 is 0 Å². The average Bonchev–Trinajstić information content (AvgIpc) is 2.11. The molecule has 0 heterocycles. The first-order valence-corrected chi connectivity index (χ1v) is 4.75. The summed E-state index contributed by atoms with van der Waals surface area (Å²) < 4.78 is 0. The van der Waals surface area contributed by atoms with Gasteiger partial charge in [0, 0.05) is 5.57 Å². The second kappa shape index (κ2) is 6.66. The number of carboxylic acid groups (broad SMARTS) is 1. The van der Waals surface area contributed by atoms with E-state index in [1.165, 1.54) is 0 Å². The molecule has 3 heteroatoms. The van der Waals surface area contributed by atoms with E-state index in [1.807, 2.05) is 0 Å². The van der Waals surface area contributed by atoms with Gasteiger partial charge in [0.1, 0.15) is 0 Å². The van der Waals surface area contributed by atoms with Crippen molar-refractivity contribution in [3.05, 3.63) is 11.1 Å². The smallest absolute Gasteiger partial charge is 0.331 e. The normalized spacial score (nSPS) is 12.5. The Hall–Kier alpha value is -0.830. The van der Waals surface area contributed by atoms with Gasteiger partial charge in [0.05, 0.1) is 0 Å². The topological polar surface area (TPSA) is 63.3 Å². The van der Waals surface area contributed by atoms with Gasteiger partial charge in [-0.1, -0.05) is 18.9 Å². The van der Waals surface area contributed by atoms with Gasteiger partial charge in [-0.2, -0.15) is 0 Å². The van der Waals surface area contributed by atoms with Crippen LogP contribution in [0.1, 0.15) is 39.5 Å². The van der Waals surface area contributed by atoms with E-state index in [1.54, 1.807) is 6.92 Å². The second-order valence-corrected chi connectivity index (χ2v) is 3.18. The first-order chi connectivity index (χ1) is 6.13. The summed E-state index contributed by atoms with van der Waals surface area (Å²) in [5.74, 6) is -0.820. The minimum absolute atomic E-state index is 0.471. The molecule has 0 amide bonds. The van der Waals surface area contributed by atoms with E-state index in [0.717, 1.165) is 24.8 Å². The molecule has 13 heavy (non-hydrogen) atoms. The van der Waals surface area contributed by atoms with Crippen LogP contribution in [0, 0.1) is 0 Å². The quantitative estimate of drug-likeness (QED) is 0.621. The molecule has 0 atom stereocenters. The summed E-state index contributed by atoms with van der Waals surface area (Å²) >= 11 is 0. The van der Waals surface area contributed by atoms with Crippen molar-refractivity contribution in [1.82, 2.24) is 0 Å². The van der Waals surface area contributed by atoms with E-state index in [9.17, 15) is 4.79 Å². The zero-order chi connectivity index (χ0) is 10.3. The van der Waals surface area contributed by atoms with Crippen LogP contribution in [-0.2, 0) is 4.79 Å². The van der Waals surface area contributed by atoms with E-state index in [2.05, 4.69) is 6.92 Å². The van der Waals surface area contributed by atoms with Crippen LogP contribution in [-0.4, -0.2) is 17.6 Å². The number of carboxylic acids is 1. The maximum absolute atomic E-state index is 10.7. The SMILES string of the molecule is CCCCC(CCN)=C(C)C(=O)O. The largest absolute Gasteiger partial charge is 0.478 e. The maximum Gasteiger partial charge on any atom is 0.331 e. The highest BCUT2D eigenvalue weighted by Crippen LogP contribution is 2.15. The van der Waals surface area contributed by atoms with Gasteiger partial charge < -0.3 is 10.8 Å². The Bertz CT molecular complexity index is 197. The summed E-state index contributed by atoms with van der Waals surface area (Å²) in [6.45, 7) is 4.28. The Morgan fingerprint density at radius 1 is 1.38 bits per heavy atom. The van der Waals surface area contributed by atoms with Gasteiger partial charge in [0.15, 0.2) is 0 Å². The third-order valence-corrected chi connectivity index (χ3v) is 2.13. The average molecular weight is 185 g/mol. The minimum atomic E-state index is -0.820. The third-order valence-electron chi connectivity index (χ3n) is 2.13. The van der Waals surface area contributed by atoms with E-state index in [-0.39, 0.29) is 0 Å². The van der Waals surface area contributed by atoms with Gasteiger partial charge in [-0.25, -0.2) is 4.79 Å². The number of nitrogens with two attached hydrogens (primary N) is 1. The minimum Gasteiger partial charge on any atom is -0.478 e. The first-order valence-electron chi connectivity index (χ1n) is 4.75. The monoisotopic (exact) mass is 185 g/mol. The van der Waals surface area contributed by atoms with E-state index in [0.29, 0.717) is 18.5 Å². The fourth-order valence-corrected chi connectivity index (χ4v) is 1.22. The molecule has 0 unspecified atom stereocenters. The Morgan fingerprint density at radius 3 is 2.38 bits per heavy atom. The van der Waals surface area contributed by atoms with Crippen molar-refractivity contribution in [1.29, 1.82) is 0 Å². The Balaban J connectivity index is 4.37. The van der Waals surface area contributed by atoms with Crippen molar-refractivity contribution >= 4 is 5.97 Å². The fourth-order valence-electron chi connectivity index (χ4n) is 1.22. The third kappa shape index (κ3) is 4.68. The summed E-state index contributed by atoms with van der Waals surface area (Å²) in [6.07, 6.45) is 3.70. The van der Waals surface area contributed by atoms with Crippen molar-refractivity contribution in [3.8, 4) is 0 Å². The summed E-state index contributed by atoms with van der Waals surface area (Å²) in [5, 5.41) is 8.78. The molecule has 0 aromatic carbocycles. The van der Waals surface area contributed by atoms with Crippen LogP contribution in [0.5, 0.6) is 0 Å². The highest BCUT2D eigenvalue weighted by Gasteiger charge is 2.07. The molecule has 0 aliphatic carbocycles. The van der Waals surface area contributed by atoms with Crippen LogP contribution in [0.15, 0.2) is 11.1 Å². The van der Waals surface area contributed by atoms with Gasteiger partial charge in [0.25, 0.3) is 0 Å². The van der Waals surface area contributed by atoms with E-state index < -0.39 is 5.97 Å². The van der Waals surface area contributed by atoms with Crippen molar-refractivity contribution in [3.63, 3.8) is 0 Å². The van der Waals surface area contributed by atoms with Gasteiger partial charge in [0.2, 0.25) is 0 Å². The predicted octanol–water partition coefficient (Wildman–Crippen LogP) is 1.93. The molecular formula is C10H19NO2. The second-order valence-electron chi connectivity index (χ2n) is 3.18. The summed E-state index contributed by atoms with van der Waals surface area (Å²) in [7, 11) is 0. The number of aliphatic carboxylic acids is 1. The van der Waals surface area contributed by atoms with Crippen LogP contribution in [0.4, 0.5) is 0 Å². The lowest BCUT2D eigenvalue weighted by molar-refractivity contribution is -0.132. The zero-order valence-electron chi connectivity index (χ0n) is 8.47. The number of hydrogen-bond acceptors (Lipinski definition) is 2. The number of unbranched alkanes of at least 4 members (excludes halogenated alkanes) is 1. The lowest BCUT2D eigenvalue weighted by Crippen LogP contribution is -2.06. The number of hydrogen-bond donors (Lipinski definition) is 2. The molecule has 0 saturated heterocycles. The Morgan fingerprint density at radius 2 is 2.00 bits per heavy atom. The maximum atomic E-state index is 10.7. The van der Waals surface area contributed by atoms with Gasteiger partial charge >= 0.3 is 5.97 Å². The summed E-state index contributed by atoms with van der Waals surface area (Å²) in [5.41, 5.74) is 6.88. The lowest BCUT2D eigenvalue weighted by atomic mass is 10.0. The van der Waals surface area contributed by atoms with Crippen LogP contribution in [0.2, 0.25) is 0 Å². The number of rotatable bonds is 6. The van der Waals surface area contributed by atoms with Crippen molar-refractivity contribution in [2.24, 2.45) is 5.73 Å². The molecule has 0 saturated carbocycles. The molecule has 0 aliphatic rings. The molecule has 3 nitrogen and oxygen atoms in total. The van der Waals surface area contributed by atoms with Crippen molar-refractivity contribution < 1.29 is 9.90 Å². The first kappa shape index (κ1) is 12.2. The summed E-state index contributed by atoms with van der Waals surface area (Å²) in [6, 6.07) is 0. The molecule has 0 aromatic rings. The van der Waals surface area contributed by atoms with Crippen LogP contribution >= 0.6 is 0 Å². The molecular weight excluding hydrogens is 166 g/mol. The van der Waals surface area contributed by atoms with E-state index in [4.69, 9.17) is 10.8 Å². The van der Waals surface area contributed by atoms with Gasteiger partial charge in [-0.15, -0.1) is 0 Å². The molecule has 0 aromatic heterocycles. The lowest BCUT2D eigenvalue weighted by Gasteiger charge is -2.07. The standard InChI is InChI=1S/C10H19NO2/c1-3-4-5-9(6-7-11)8(2)10(12)13/h3-7,11H2,1-2H3,(H,12,13). The fraction of sp³-hybridized carbons (Fsp3) is 0.700. The van der Waals surface area contributed by atoms with Crippen LogP contribution in [0.3, 0.4) is 0 Å². The molecule has 0 radical (unpaired) electrons. The Kier molecular flexibility index (Phi) is 6.24. The molecule has 0 rings (SSSR count). The molecule has 0 aliphatic heterocycles. The molecule has 0 fully saturated rings. The highest BCUT2D eigenvalue weighted by molar-refractivity contribution is 5.86. The molecule has 0 bridgehead atoms. The highest BCUT2D eigenvalue weighted by atomic mass is 16.4. The Labute approximate surface area is 79.6 Å². The van der Waals surface area contributed by atoms with Crippen LogP contribution in [0.25, 0.3) is 0 Å². The van der Waals surface area contributed by atoms with Gasteiger partial charge in [-0.05, 0) is 32.7 Å². The molecule has 76 valence electrons. The van der Waals surface area contributed by atoms with Crippen LogP contribution < -0.4 is 5.73 Å². The number of carbonyl (C=O) groups is 1. The van der Waals surface area contributed by atoms with Crippen molar-refractivity contribution in [2.45, 2.75) is 39.5 Å². The summed E-state index contributed by atoms with van der Waals surface area (Å²) in [4.78, 5) is 10.7. The van der Waals surface area contributed by atoms with Crippen molar-refractivity contribution in [2.75, 3.05) is 6.54 Å². The molecule has 0 spiro atoms. The molecule has 3 N–H and O–H groups in total.